The van der Waals surface area contributed by atoms with E-state index >= 15 is 0 Å². The van der Waals surface area contributed by atoms with E-state index in [-0.39, 0.29) is 5.97 Å². The van der Waals surface area contributed by atoms with E-state index < -0.39 is 6.04 Å². The summed E-state index contributed by atoms with van der Waals surface area (Å²) < 4.78 is 5.52. The van der Waals surface area contributed by atoms with Crippen LogP contribution in [0, 0.1) is 11.3 Å². The Morgan fingerprint density at radius 1 is 1.29 bits per heavy atom. The number of nitrogens with one attached hydrogen (secondary N) is 1. The smallest absolute Gasteiger partial charge is 0.332 e. The lowest BCUT2D eigenvalue weighted by atomic mass is 10.1. The molecule has 0 bridgehead atoms. The predicted molar refractivity (Wildman–Crippen MR) is 83.7 cm³/mol. The summed E-state index contributed by atoms with van der Waals surface area (Å²) >= 11 is 3.33. The molecule has 0 saturated heterocycles. The third-order valence-corrected chi connectivity index (χ3v) is 3.63. The standard InChI is InChI=1S/C16H13BrN2O2/c1-21-16(20)15(11-5-3-2-4-6-11)19-13-8-7-12(10-18)14(17)9-13/h2-9,15,19H,1H3. The van der Waals surface area contributed by atoms with Crippen LogP contribution in [0.1, 0.15) is 17.2 Å². The monoisotopic (exact) mass is 344 g/mol. The van der Waals surface area contributed by atoms with Gasteiger partial charge in [0.2, 0.25) is 0 Å². The van der Waals surface area contributed by atoms with Crippen molar-refractivity contribution in [3.63, 3.8) is 0 Å². The zero-order valence-corrected chi connectivity index (χ0v) is 12.9. The molecular weight excluding hydrogens is 332 g/mol. The third-order valence-electron chi connectivity index (χ3n) is 2.97. The molecule has 5 heteroatoms. The molecule has 2 aromatic carbocycles. The topological polar surface area (TPSA) is 62.1 Å². The molecule has 21 heavy (non-hydrogen) atoms. The van der Waals surface area contributed by atoms with E-state index in [1.165, 1.54) is 7.11 Å². The quantitative estimate of drug-likeness (QED) is 0.860. The minimum atomic E-state index is -0.601. The summed E-state index contributed by atoms with van der Waals surface area (Å²) in [6, 6.07) is 16.0. The Kier molecular flexibility index (Phi) is 4.96. The minimum absolute atomic E-state index is 0.373. The molecule has 0 heterocycles. The lowest BCUT2D eigenvalue weighted by Crippen LogP contribution is -2.22. The number of carbonyl (C=O) groups excluding carboxylic acids is 1. The van der Waals surface area contributed by atoms with E-state index in [0.29, 0.717) is 10.0 Å². The number of hydrogen-bond donors (Lipinski definition) is 1. The molecule has 0 radical (unpaired) electrons. The largest absolute Gasteiger partial charge is 0.467 e. The average molecular weight is 345 g/mol. The maximum absolute atomic E-state index is 12.0. The highest BCUT2D eigenvalue weighted by atomic mass is 79.9. The predicted octanol–water partition coefficient (Wildman–Crippen LogP) is 3.65. The normalized spacial score (nSPS) is 11.3. The maximum atomic E-state index is 12.0. The molecule has 0 saturated carbocycles. The van der Waals surface area contributed by atoms with Gasteiger partial charge in [-0.1, -0.05) is 30.3 Å². The third kappa shape index (κ3) is 3.61. The van der Waals surface area contributed by atoms with Crippen molar-refractivity contribution >= 4 is 27.6 Å². The van der Waals surface area contributed by atoms with Gasteiger partial charge in [0.05, 0.1) is 12.7 Å². The molecule has 106 valence electrons. The highest BCUT2D eigenvalue weighted by molar-refractivity contribution is 9.10. The van der Waals surface area contributed by atoms with Gasteiger partial charge in [0.15, 0.2) is 6.04 Å². The number of rotatable bonds is 4. The van der Waals surface area contributed by atoms with Crippen molar-refractivity contribution in [2.45, 2.75) is 6.04 Å². The first kappa shape index (κ1) is 15.1. The number of ether oxygens (including phenoxy) is 1. The number of carbonyl (C=O) groups is 1. The van der Waals surface area contributed by atoms with E-state index in [1.807, 2.05) is 30.3 Å². The summed E-state index contributed by atoms with van der Waals surface area (Å²) in [5, 5.41) is 12.0. The van der Waals surface area contributed by atoms with Gasteiger partial charge >= 0.3 is 5.97 Å². The van der Waals surface area contributed by atoms with Gasteiger partial charge in [-0.15, -0.1) is 0 Å². The number of nitrogens with zero attached hydrogens (tertiary/aromatic N) is 1. The van der Waals surface area contributed by atoms with Crippen LogP contribution in [-0.4, -0.2) is 13.1 Å². The molecule has 0 aromatic heterocycles. The van der Waals surface area contributed by atoms with Gasteiger partial charge in [0.25, 0.3) is 0 Å². The van der Waals surface area contributed by atoms with Crippen LogP contribution in [0.15, 0.2) is 53.0 Å². The van der Waals surface area contributed by atoms with Gasteiger partial charge < -0.3 is 10.1 Å². The van der Waals surface area contributed by atoms with Crippen molar-refractivity contribution < 1.29 is 9.53 Å². The zero-order chi connectivity index (χ0) is 15.2. The van der Waals surface area contributed by atoms with Gasteiger partial charge in [0.1, 0.15) is 6.07 Å². The van der Waals surface area contributed by atoms with E-state index in [2.05, 4.69) is 27.3 Å². The summed E-state index contributed by atoms with van der Waals surface area (Å²) in [5.74, 6) is -0.373. The number of esters is 1. The molecule has 0 spiro atoms. The molecule has 1 atom stereocenters. The van der Waals surface area contributed by atoms with Crippen LogP contribution in [0.4, 0.5) is 5.69 Å². The van der Waals surface area contributed by atoms with Crippen molar-refractivity contribution in [3.05, 3.63) is 64.1 Å². The second-order valence-corrected chi connectivity index (χ2v) is 5.17. The molecule has 1 N–H and O–H groups in total. The fourth-order valence-electron chi connectivity index (χ4n) is 1.90. The molecule has 0 aliphatic heterocycles. The number of halogens is 1. The molecule has 0 aliphatic carbocycles. The Balaban J connectivity index is 2.30. The molecule has 4 nitrogen and oxygen atoms in total. The Labute approximate surface area is 131 Å². The number of hydrogen-bond acceptors (Lipinski definition) is 4. The lowest BCUT2D eigenvalue weighted by molar-refractivity contribution is -0.141. The van der Waals surface area contributed by atoms with E-state index in [0.717, 1.165) is 11.3 Å². The van der Waals surface area contributed by atoms with Gasteiger partial charge in [0, 0.05) is 10.2 Å². The van der Waals surface area contributed by atoms with Gasteiger partial charge in [-0.05, 0) is 39.7 Å². The maximum Gasteiger partial charge on any atom is 0.332 e. The average Bonchev–Trinajstić information content (AvgIpc) is 2.53. The van der Waals surface area contributed by atoms with Crippen LogP contribution in [0.2, 0.25) is 0 Å². The molecule has 0 fully saturated rings. The van der Waals surface area contributed by atoms with Crippen molar-refractivity contribution in [1.82, 2.24) is 0 Å². The van der Waals surface area contributed by atoms with Crippen LogP contribution in [0.25, 0.3) is 0 Å². The second-order valence-electron chi connectivity index (χ2n) is 4.32. The molecule has 2 aromatic rings. The number of nitriles is 1. The number of methoxy groups -OCH3 is 1. The van der Waals surface area contributed by atoms with E-state index in [1.54, 1.807) is 18.2 Å². The molecule has 1 unspecified atom stereocenters. The van der Waals surface area contributed by atoms with Crippen molar-refractivity contribution in [2.75, 3.05) is 12.4 Å². The highest BCUT2D eigenvalue weighted by Crippen LogP contribution is 2.25. The van der Waals surface area contributed by atoms with E-state index in [4.69, 9.17) is 10.00 Å². The Bertz CT molecular complexity index is 680. The SMILES string of the molecule is COC(=O)C(Nc1ccc(C#N)c(Br)c1)c1ccccc1. The Morgan fingerprint density at radius 3 is 2.57 bits per heavy atom. The lowest BCUT2D eigenvalue weighted by Gasteiger charge is -2.18. The van der Waals surface area contributed by atoms with Crippen molar-refractivity contribution in [1.29, 1.82) is 5.26 Å². The fourth-order valence-corrected chi connectivity index (χ4v) is 2.37. The summed E-state index contributed by atoms with van der Waals surface area (Å²) in [6.45, 7) is 0. The van der Waals surface area contributed by atoms with Gasteiger partial charge in [-0.2, -0.15) is 5.26 Å². The van der Waals surface area contributed by atoms with Crippen LogP contribution in [0.5, 0.6) is 0 Å². The van der Waals surface area contributed by atoms with Gasteiger partial charge in [-0.3, -0.25) is 0 Å². The van der Waals surface area contributed by atoms with E-state index in [9.17, 15) is 4.79 Å². The summed E-state index contributed by atoms with van der Waals surface area (Å²) in [7, 11) is 1.36. The van der Waals surface area contributed by atoms with Crippen molar-refractivity contribution in [3.8, 4) is 6.07 Å². The zero-order valence-electron chi connectivity index (χ0n) is 11.3. The second kappa shape index (κ2) is 6.91. The summed E-state index contributed by atoms with van der Waals surface area (Å²) in [5.41, 5.74) is 2.07. The fraction of sp³-hybridized carbons (Fsp3) is 0.125. The number of benzene rings is 2. The number of anilines is 1. The van der Waals surface area contributed by atoms with Crippen LogP contribution >= 0.6 is 15.9 Å². The van der Waals surface area contributed by atoms with Crippen molar-refractivity contribution in [2.24, 2.45) is 0 Å². The van der Waals surface area contributed by atoms with Crippen LogP contribution < -0.4 is 5.32 Å². The van der Waals surface area contributed by atoms with Gasteiger partial charge in [-0.25, -0.2) is 4.79 Å². The van der Waals surface area contributed by atoms with Crippen LogP contribution in [-0.2, 0) is 9.53 Å². The molecule has 0 amide bonds. The highest BCUT2D eigenvalue weighted by Gasteiger charge is 2.21. The molecule has 0 aliphatic rings. The molecule has 2 rings (SSSR count). The Morgan fingerprint density at radius 2 is 2.00 bits per heavy atom. The minimum Gasteiger partial charge on any atom is -0.467 e. The van der Waals surface area contributed by atoms with Crippen LogP contribution in [0.3, 0.4) is 0 Å². The first-order chi connectivity index (χ1) is 10.2. The summed E-state index contributed by atoms with van der Waals surface area (Å²) in [6.07, 6.45) is 0. The first-order valence-corrected chi connectivity index (χ1v) is 7.04. The first-order valence-electron chi connectivity index (χ1n) is 6.24. The molecular formula is C16H13BrN2O2. The Hall–Kier alpha value is -2.32. The summed E-state index contributed by atoms with van der Waals surface area (Å²) in [4.78, 5) is 12.0.